The van der Waals surface area contributed by atoms with Crippen LogP contribution in [0.2, 0.25) is 0 Å². The van der Waals surface area contributed by atoms with Gasteiger partial charge in [0.2, 0.25) is 5.91 Å². The minimum absolute atomic E-state index is 0.0606. The van der Waals surface area contributed by atoms with Crippen LogP contribution in [0.3, 0.4) is 0 Å². The summed E-state index contributed by atoms with van der Waals surface area (Å²) in [5.74, 6) is -0.902. The van der Waals surface area contributed by atoms with Crippen LogP contribution < -0.4 is 15.4 Å². The van der Waals surface area contributed by atoms with Gasteiger partial charge in [0.05, 0.1) is 12.2 Å². The number of hydrogen-bond acceptors (Lipinski definition) is 4. The molecular formula is C21H17F3N2O4. The Morgan fingerprint density at radius 2 is 2.07 bits per heavy atom. The number of carbonyl (C=O) groups is 2. The van der Waals surface area contributed by atoms with E-state index < -0.39 is 29.7 Å². The first-order valence-electron chi connectivity index (χ1n) is 9.19. The Kier molecular flexibility index (Phi) is 4.98. The first-order chi connectivity index (χ1) is 14.2. The Morgan fingerprint density at radius 1 is 1.27 bits per heavy atom. The van der Waals surface area contributed by atoms with Gasteiger partial charge in [0, 0.05) is 41.4 Å². The predicted octanol–water partition coefficient (Wildman–Crippen LogP) is 3.37. The van der Waals surface area contributed by atoms with E-state index in [0.29, 0.717) is 34.5 Å². The number of ether oxygens (including phenoxy) is 1. The molecule has 0 saturated carbocycles. The van der Waals surface area contributed by atoms with Crippen LogP contribution in [0.15, 0.2) is 42.5 Å². The predicted molar refractivity (Wildman–Crippen MR) is 103 cm³/mol. The summed E-state index contributed by atoms with van der Waals surface area (Å²) in [5.41, 5.74) is 1.71. The molecule has 0 saturated heterocycles. The van der Waals surface area contributed by atoms with Crippen molar-refractivity contribution < 1.29 is 32.6 Å². The lowest BCUT2D eigenvalue weighted by Crippen LogP contribution is -2.34. The smallest absolute Gasteiger partial charge is 0.416 e. The highest BCUT2D eigenvalue weighted by Gasteiger charge is 2.32. The Balaban J connectivity index is 1.59. The highest BCUT2D eigenvalue weighted by atomic mass is 19.4. The van der Waals surface area contributed by atoms with Crippen molar-refractivity contribution in [3.8, 4) is 5.75 Å². The van der Waals surface area contributed by atoms with E-state index in [9.17, 15) is 27.9 Å². The molecule has 30 heavy (non-hydrogen) atoms. The molecule has 0 aromatic heterocycles. The molecule has 2 aliphatic heterocycles. The van der Waals surface area contributed by atoms with Crippen molar-refractivity contribution in [2.45, 2.75) is 25.1 Å². The third kappa shape index (κ3) is 3.88. The Hall–Kier alpha value is -3.33. The number of rotatable bonds is 2. The molecule has 2 aromatic rings. The summed E-state index contributed by atoms with van der Waals surface area (Å²) in [6, 6.07) is 8.15. The molecule has 4 rings (SSSR count). The van der Waals surface area contributed by atoms with Gasteiger partial charge in [-0.05, 0) is 29.8 Å². The lowest BCUT2D eigenvalue weighted by molar-refractivity contribution is -0.137. The van der Waals surface area contributed by atoms with Crippen molar-refractivity contribution in [3.05, 3.63) is 59.2 Å². The molecule has 0 spiro atoms. The monoisotopic (exact) mass is 418 g/mol. The van der Waals surface area contributed by atoms with Crippen LogP contribution in [0.25, 0.3) is 5.57 Å². The van der Waals surface area contributed by atoms with E-state index in [-0.39, 0.29) is 18.8 Å². The average Bonchev–Trinajstić information content (AvgIpc) is 2.68. The van der Waals surface area contributed by atoms with Gasteiger partial charge < -0.3 is 20.5 Å². The summed E-state index contributed by atoms with van der Waals surface area (Å²) in [6.07, 6.45) is -3.94. The Bertz CT molecular complexity index is 1060. The molecule has 1 unspecified atom stereocenters. The molecule has 9 heteroatoms. The maximum atomic E-state index is 12.9. The molecule has 0 bridgehead atoms. The van der Waals surface area contributed by atoms with Crippen molar-refractivity contribution in [2.75, 3.05) is 17.2 Å². The van der Waals surface area contributed by atoms with Gasteiger partial charge in [-0.2, -0.15) is 13.2 Å². The standard InChI is InChI=1S/C21H17F3N2O4/c22-21(23,24)12-4-5-13-11(6-7-30-18(13)9-12)8-19(28)25-15-2-1-3-16-14(15)10-17(27)20(29)26-16/h1-5,8-9,17,27H,6-7,10H2,(H,25,28)(H,26,29). The molecule has 1 atom stereocenters. The molecule has 6 nitrogen and oxygen atoms in total. The second-order valence-corrected chi connectivity index (χ2v) is 7.01. The molecule has 3 N–H and O–H groups in total. The molecule has 0 fully saturated rings. The summed E-state index contributed by atoms with van der Waals surface area (Å²) in [4.78, 5) is 24.2. The van der Waals surface area contributed by atoms with E-state index in [1.54, 1.807) is 18.2 Å². The normalized spacial score (nSPS) is 19.4. The highest BCUT2D eigenvalue weighted by Crippen LogP contribution is 2.38. The highest BCUT2D eigenvalue weighted by molar-refractivity contribution is 6.06. The van der Waals surface area contributed by atoms with Gasteiger partial charge in [0.15, 0.2) is 0 Å². The van der Waals surface area contributed by atoms with Crippen molar-refractivity contribution in [1.82, 2.24) is 0 Å². The second-order valence-electron chi connectivity index (χ2n) is 7.01. The number of hydrogen-bond donors (Lipinski definition) is 3. The number of fused-ring (bicyclic) bond motifs is 2. The molecule has 2 aliphatic rings. The summed E-state index contributed by atoms with van der Waals surface area (Å²) in [5, 5.41) is 15.1. The van der Waals surface area contributed by atoms with Crippen molar-refractivity contribution in [1.29, 1.82) is 0 Å². The first kappa shape index (κ1) is 20.0. The Morgan fingerprint density at radius 3 is 2.83 bits per heavy atom. The summed E-state index contributed by atoms with van der Waals surface area (Å²) in [6.45, 7) is 0.159. The lowest BCUT2D eigenvalue weighted by Gasteiger charge is -2.24. The number of aliphatic hydroxyl groups is 1. The largest absolute Gasteiger partial charge is 0.493 e. The van der Waals surface area contributed by atoms with Gasteiger partial charge in [-0.25, -0.2) is 0 Å². The number of halogens is 3. The maximum Gasteiger partial charge on any atom is 0.416 e. The number of aliphatic hydroxyl groups excluding tert-OH is 1. The van der Waals surface area contributed by atoms with E-state index in [2.05, 4.69) is 10.6 Å². The molecule has 2 amide bonds. The van der Waals surface area contributed by atoms with Crippen LogP contribution in [0, 0.1) is 0 Å². The fraction of sp³-hybridized carbons (Fsp3) is 0.238. The number of alkyl halides is 3. The topological polar surface area (TPSA) is 87.7 Å². The van der Waals surface area contributed by atoms with Gasteiger partial charge >= 0.3 is 6.18 Å². The van der Waals surface area contributed by atoms with Crippen LogP contribution in [0.1, 0.15) is 23.1 Å². The number of nitrogens with one attached hydrogen (secondary N) is 2. The van der Waals surface area contributed by atoms with Crippen LogP contribution >= 0.6 is 0 Å². The van der Waals surface area contributed by atoms with Crippen molar-refractivity contribution >= 4 is 28.8 Å². The van der Waals surface area contributed by atoms with E-state index in [0.717, 1.165) is 12.1 Å². The number of anilines is 2. The molecule has 0 aliphatic carbocycles. The van der Waals surface area contributed by atoms with Gasteiger partial charge in [-0.1, -0.05) is 12.1 Å². The fourth-order valence-electron chi connectivity index (χ4n) is 3.51. The Labute approximate surface area is 169 Å². The lowest BCUT2D eigenvalue weighted by atomic mass is 9.97. The minimum Gasteiger partial charge on any atom is -0.493 e. The molecule has 156 valence electrons. The van der Waals surface area contributed by atoms with E-state index >= 15 is 0 Å². The third-order valence-electron chi connectivity index (χ3n) is 4.98. The van der Waals surface area contributed by atoms with E-state index in [1.807, 2.05) is 0 Å². The zero-order chi connectivity index (χ0) is 21.5. The van der Waals surface area contributed by atoms with Crippen LogP contribution in [0.4, 0.5) is 24.5 Å². The second kappa shape index (κ2) is 7.49. The molecular weight excluding hydrogens is 401 g/mol. The summed E-state index contributed by atoms with van der Waals surface area (Å²) >= 11 is 0. The van der Waals surface area contributed by atoms with E-state index in [4.69, 9.17) is 4.74 Å². The summed E-state index contributed by atoms with van der Waals surface area (Å²) in [7, 11) is 0. The molecule has 2 heterocycles. The van der Waals surface area contributed by atoms with Crippen LogP contribution in [-0.4, -0.2) is 29.6 Å². The number of carbonyl (C=O) groups excluding carboxylic acids is 2. The zero-order valence-corrected chi connectivity index (χ0v) is 15.5. The average molecular weight is 418 g/mol. The zero-order valence-electron chi connectivity index (χ0n) is 15.5. The summed E-state index contributed by atoms with van der Waals surface area (Å²) < 4.78 is 44.1. The minimum atomic E-state index is -4.48. The van der Waals surface area contributed by atoms with Crippen molar-refractivity contribution in [2.24, 2.45) is 0 Å². The van der Waals surface area contributed by atoms with Gasteiger partial charge in [-0.15, -0.1) is 0 Å². The van der Waals surface area contributed by atoms with Gasteiger partial charge in [0.25, 0.3) is 5.91 Å². The number of amides is 2. The molecule has 2 aromatic carbocycles. The van der Waals surface area contributed by atoms with Crippen molar-refractivity contribution in [3.63, 3.8) is 0 Å². The van der Waals surface area contributed by atoms with Crippen LogP contribution in [0.5, 0.6) is 5.75 Å². The van der Waals surface area contributed by atoms with Crippen LogP contribution in [-0.2, 0) is 22.2 Å². The van der Waals surface area contributed by atoms with Gasteiger partial charge in [-0.3, -0.25) is 9.59 Å². The first-order valence-corrected chi connectivity index (χ1v) is 9.19. The maximum absolute atomic E-state index is 12.9. The molecule has 0 radical (unpaired) electrons. The van der Waals surface area contributed by atoms with E-state index in [1.165, 1.54) is 12.1 Å². The fourth-order valence-corrected chi connectivity index (χ4v) is 3.51. The van der Waals surface area contributed by atoms with Gasteiger partial charge in [0.1, 0.15) is 11.9 Å². The quantitative estimate of drug-likeness (QED) is 0.653. The third-order valence-corrected chi connectivity index (χ3v) is 4.98. The number of benzene rings is 2. The SMILES string of the molecule is O=C(C=C1CCOc2cc(C(F)(F)F)ccc21)Nc1cccc2c1CC(O)C(=O)N2.